The molecule has 5 aromatic rings. The van der Waals surface area contributed by atoms with Gasteiger partial charge in [0.15, 0.2) is 17.2 Å². The lowest BCUT2D eigenvalue weighted by molar-refractivity contribution is -0.138. The minimum Gasteiger partial charge on any atom is -0.480 e. The molecule has 0 spiro atoms. The van der Waals surface area contributed by atoms with Gasteiger partial charge in [-0.3, -0.25) is 4.57 Å². The summed E-state index contributed by atoms with van der Waals surface area (Å²) < 4.78 is 42.3. The van der Waals surface area contributed by atoms with Gasteiger partial charge in [-0.1, -0.05) is 49.1 Å². The monoisotopic (exact) mass is 581 g/mol. The van der Waals surface area contributed by atoms with E-state index in [1.54, 1.807) is 24.3 Å². The molecule has 7 rings (SSSR count). The van der Waals surface area contributed by atoms with E-state index in [1.807, 2.05) is 22.8 Å². The average molecular weight is 582 g/mol. The Labute approximate surface area is 237 Å². The Balaban J connectivity index is 1.29. The van der Waals surface area contributed by atoms with E-state index in [9.17, 15) is 18.7 Å². The number of nitrogens with zero attached hydrogens (tertiary/aromatic N) is 5. The Morgan fingerprint density at radius 3 is 2.66 bits per heavy atom. The first-order valence-electron chi connectivity index (χ1n) is 13.7. The molecule has 2 atom stereocenters. The number of alkyl halides is 2. The normalized spacial score (nSPS) is 20.1. The number of hydrogen-bond acceptors (Lipinski definition) is 7. The number of ether oxygens (including phenoxy) is 1. The molecule has 1 saturated carbocycles. The minimum atomic E-state index is -2.95. The van der Waals surface area contributed by atoms with Crippen molar-refractivity contribution in [3.63, 3.8) is 0 Å². The standard InChI is InChI=1S/C29H26ClF2N5O4/c30-18-10-6-11-19-23(18)37(15-7-2-1-3-8-15)29(33-19)40-16-13-20(28(38)39)36(14-16)27-24-22(34-26(35-27)25(31)32)17-9-4-5-12-21(17)41-24/h4-6,9-12,15-16,20,25H,1-3,7-8,13-14H2,(H,38,39)/t16-,20-/m0/s1. The van der Waals surface area contributed by atoms with Crippen LogP contribution in [0.3, 0.4) is 0 Å². The van der Waals surface area contributed by atoms with Crippen LogP contribution in [0, 0.1) is 0 Å². The highest BCUT2D eigenvalue weighted by Crippen LogP contribution is 2.40. The molecule has 0 unspecified atom stereocenters. The summed E-state index contributed by atoms with van der Waals surface area (Å²) in [6.07, 6.45) is 1.78. The highest BCUT2D eigenvalue weighted by molar-refractivity contribution is 6.35. The molecule has 0 bridgehead atoms. The van der Waals surface area contributed by atoms with Gasteiger partial charge in [-0.2, -0.15) is 4.98 Å². The highest BCUT2D eigenvalue weighted by atomic mass is 35.5. The van der Waals surface area contributed by atoms with E-state index in [0.717, 1.165) is 31.2 Å². The second kappa shape index (κ2) is 10.1. The lowest BCUT2D eigenvalue weighted by Crippen LogP contribution is -2.37. The van der Waals surface area contributed by atoms with Crippen molar-refractivity contribution in [2.75, 3.05) is 11.4 Å². The van der Waals surface area contributed by atoms with Crippen molar-refractivity contribution < 1.29 is 27.8 Å². The van der Waals surface area contributed by atoms with Crippen LogP contribution >= 0.6 is 11.6 Å². The molecule has 2 fully saturated rings. The quantitative estimate of drug-likeness (QED) is 0.230. The van der Waals surface area contributed by atoms with Crippen molar-refractivity contribution in [1.29, 1.82) is 0 Å². The fourth-order valence-corrected chi connectivity index (χ4v) is 6.49. The third kappa shape index (κ3) is 4.43. The number of halogens is 3. The maximum Gasteiger partial charge on any atom is 0.326 e. The van der Waals surface area contributed by atoms with Gasteiger partial charge in [0.25, 0.3) is 12.4 Å². The Morgan fingerprint density at radius 1 is 1.07 bits per heavy atom. The van der Waals surface area contributed by atoms with Crippen molar-refractivity contribution >= 4 is 56.5 Å². The maximum atomic E-state index is 13.9. The van der Waals surface area contributed by atoms with E-state index in [4.69, 9.17) is 25.7 Å². The van der Waals surface area contributed by atoms with Crippen LogP contribution in [0.2, 0.25) is 5.02 Å². The average Bonchev–Trinajstić information content (AvgIpc) is 3.67. The molecule has 12 heteroatoms. The SMILES string of the molecule is O=C(O)[C@@H]1C[C@H](Oc2nc3cccc(Cl)c3n2C2CCCCC2)CN1c1nc(C(F)F)nc2c1oc1ccccc12. The molecule has 1 aliphatic carbocycles. The number of para-hydroxylation sites is 2. The summed E-state index contributed by atoms with van der Waals surface area (Å²) in [6, 6.07) is 11.9. The summed E-state index contributed by atoms with van der Waals surface area (Å²) in [4.78, 5) is 26.8. The number of rotatable bonds is 6. The zero-order chi connectivity index (χ0) is 28.2. The van der Waals surface area contributed by atoms with Crippen molar-refractivity contribution in [2.24, 2.45) is 0 Å². The topological polar surface area (TPSA) is 107 Å². The van der Waals surface area contributed by atoms with E-state index < -0.39 is 30.4 Å². The maximum absolute atomic E-state index is 13.9. The number of carboxylic acids is 1. The Morgan fingerprint density at radius 2 is 1.88 bits per heavy atom. The summed E-state index contributed by atoms with van der Waals surface area (Å²) in [5.74, 6) is -1.81. The van der Waals surface area contributed by atoms with Crippen molar-refractivity contribution in [3.05, 3.63) is 53.3 Å². The fraction of sp³-hybridized carbons (Fsp3) is 0.379. The Kier molecular flexibility index (Phi) is 6.41. The zero-order valence-corrected chi connectivity index (χ0v) is 22.6. The second-order valence-corrected chi connectivity index (χ2v) is 11.0. The predicted molar refractivity (Wildman–Crippen MR) is 149 cm³/mol. The van der Waals surface area contributed by atoms with Crippen molar-refractivity contribution in [1.82, 2.24) is 19.5 Å². The summed E-state index contributed by atoms with van der Waals surface area (Å²) in [7, 11) is 0. The number of fused-ring (bicyclic) bond motifs is 4. The minimum absolute atomic E-state index is 0.00354. The lowest BCUT2D eigenvalue weighted by atomic mass is 9.95. The number of anilines is 1. The number of hydrogen-bond donors (Lipinski definition) is 1. The highest BCUT2D eigenvalue weighted by Gasteiger charge is 2.42. The summed E-state index contributed by atoms with van der Waals surface area (Å²) in [5.41, 5.74) is 2.31. The molecule has 4 heterocycles. The number of furan rings is 1. The van der Waals surface area contributed by atoms with Gasteiger partial charge in [0, 0.05) is 17.8 Å². The first-order valence-corrected chi connectivity index (χ1v) is 14.1. The molecule has 1 N–H and O–H groups in total. The summed E-state index contributed by atoms with van der Waals surface area (Å²) >= 11 is 6.62. The van der Waals surface area contributed by atoms with Crippen LogP contribution in [-0.4, -0.2) is 49.3 Å². The number of carboxylic acid groups (broad SMARTS) is 1. The van der Waals surface area contributed by atoms with Gasteiger partial charge in [-0.25, -0.2) is 23.5 Å². The molecule has 9 nitrogen and oxygen atoms in total. The molecule has 0 amide bonds. The van der Waals surface area contributed by atoms with Crippen LogP contribution in [0.4, 0.5) is 14.6 Å². The first-order chi connectivity index (χ1) is 19.9. The van der Waals surface area contributed by atoms with Gasteiger partial charge in [-0.15, -0.1) is 0 Å². The largest absolute Gasteiger partial charge is 0.480 e. The van der Waals surface area contributed by atoms with Gasteiger partial charge < -0.3 is 19.2 Å². The Hall–Kier alpha value is -3.99. The van der Waals surface area contributed by atoms with Crippen LogP contribution < -0.4 is 9.64 Å². The van der Waals surface area contributed by atoms with E-state index in [2.05, 4.69) is 9.97 Å². The van der Waals surface area contributed by atoms with Crippen LogP contribution in [0.25, 0.3) is 33.1 Å². The van der Waals surface area contributed by atoms with Gasteiger partial charge in [0.1, 0.15) is 23.2 Å². The molecule has 3 aromatic heterocycles. The molecule has 2 aliphatic rings. The number of carbonyl (C=O) groups is 1. The fourth-order valence-electron chi connectivity index (χ4n) is 6.23. The molecule has 1 saturated heterocycles. The Bertz CT molecular complexity index is 1780. The van der Waals surface area contributed by atoms with Crippen LogP contribution in [-0.2, 0) is 4.79 Å². The number of aliphatic carboxylic acids is 1. The third-order valence-corrected chi connectivity index (χ3v) is 8.38. The van der Waals surface area contributed by atoms with Crippen LogP contribution in [0.15, 0.2) is 46.9 Å². The molecular weight excluding hydrogens is 556 g/mol. The number of aromatic nitrogens is 4. The number of benzene rings is 2. The summed E-state index contributed by atoms with van der Waals surface area (Å²) in [6.45, 7) is 0.0738. The molecule has 212 valence electrons. The van der Waals surface area contributed by atoms with Crippen LogP contribution in [0.5, 0.6) is 6.01 Å². The third-order valence-electron chi connectivity index (χ3n) is 8.07. The van der Waals surface area contributed by atoms with E-state index in [-0.39, 0.29) is 35.9 Å². The smallest absolute Gasteiger partial charge is 0.326 e. The van der Waals surface area contributed by atoms with Crippen LogP contribution in [0.1, 0.15) is 56.8 Å². The second-order valence-electron chi connectivity index (χ2n) is 10.6. The van der Waals surface area contributed by atoms with E-state index >= 15 is 0 Å². The van der Waals surface area contributed by atoms with Crippen molar-refractivity contribution in [2.45, 2.75) is 63.1 Å². The van der Waals surface area contributed by atoms with Gasteiger partial charge in [0.2, 0.25) is 0 Å². The first kappa shape index (κ1) is 25.9. The van der Waals surface area contributed by atoms with Gasteiger partial charge in [0.05, 0.1) is 22.6 Å². The number of imidazole rings is 1. The van der Waals surface area contributed by atoms with Gasteiger partial charge in [-0.05, 0) is 37.1 Å². The molecular formula is C29H26ClF2N5O4. The van der Waals surface area contributed by atoms with E-state index in [1.165, 1.54) is 11.3 Å². The molecule has 2 aromatic carbocycles. The summed E-state index contributed by atoms with van der Waals surface area (Å²) in [5, 5.41) is 11.3. The van der Waals surface area contributed by atoms with Gasteiger partial charge >= 0.3 is 5.97 Å². The zero-order valence-electron chi connectivity index (χ0n) is 21.8. The predicted octanol–water partition coefficient (Wildman–Crippen LogP) is 6.93. The van der Waals surface area contributed by atoms with Crippen molar-refractivity contribution in [3.8, 4) is 6.01 Å². The molecule has 0 radical (unpaired) electrons. The van der Waals surface area contributed by atoms with E-state index in [0.29, 0.717) is 27.5 Å². The molecule has 41 heavy (non-hydrogen) atoms. The lowest BCUT2D eigenvalue weighted by Gasteiger charge is -2.26. The molecule has 1 aliphatic heterocycles.